The van der Waals surface area contributed by atoms with Crippen molar-refractivity contribution >= 4 is 11.8 Å². The van der Waals surface area contributed by atoms with Crippen LogP contribution < -0.4 is 0 Å². The Morgan fingerprint density at radius 1 is 1.15 bits per heavy atom. The zero-order valence-electron chi connectivity index (χ0n) is 16.3. The SMILES string of the molecule is CCCN(CC(=O)N(Cc1cccn1C)C1CC1)C(=O)C1CCCCC1. The highest BCUT2D eigenvalue weighted by Gasteiger charge is 2.35. The first-order valence-corrected chi connectivity index (χ1v) is 10.3. The molecule has 0 bridgehead atoms. The van der Waals surface area contributed by atoms with Crippen LogP contribution in [-0.4, -0.2) is 45.3 Å². The molecule has 2 amide bonds. The highest BCUT2D eigenvalue weighted by molar-refractivity contribution is 5.86. The number of nitrogens with zero attached hydrogens (tertiary/aromatic N) is 3. The average molecular weight is 360 g/mol. The quantitative estimate of drug-likeness (QED) is 0.715. The molecule has 144 valence electrons. The van der Waals surface area contributed by atoms with Crippen LogP contribution in [0.4, 0.5) is 0 Å². The average Bonchev–Trinajstić information content (AvgIpc) is 3.41. The molecule has 2 fully saturated rings. The molecule has 3 rings (SSSR count). The Kier molecular flexibility index (Phi) is 6.38. The van der Waals surface area contributed by atoms with Gasteiger partial charge < -0.3 is 14.4 Å². The van der Waals surface area contributed by atoms with Crippen molar-refractivity contribution in [2.45, 2.75) is 70.9 Å². The molecule has 0 aromatic carbocycles. The number of amides is 2. The number of hydrogen-bond donors (Lipinski definition) is 0. The zero-order valence-corrected chi connectivity index (χ0v) is 16.3. The lowest BCUT2D eigenvalue weighted by Gasteiger charge is -2.31. The van der Waals surface area contributed by atoms with Gasteiger partial charge >= 0.3 is 0 Å². The van der Waals surface area contributed by atoms with E-state index in [1.54, 1.807) is 0 Å². The van der Waals surface area contributed by atoms with E-state index < -0.39 is 0 Å². The number of aryl methyl sites for hydroxylation is 1. The summed E-state index contributed by atoms with van der Waals surface area (Å²) in [5.41, 5.74) is 1.14. The minimum Gasteiger partial charge on any atom is -0.353 e. The van der Waals surface area contributed by atoms with E-state index in [-0.39, 0.29) is 24.3 Å². The molecule has 0 aliphatic heterocycles. The molecule has 0 spiro atoms. The fourth-order valence-electron chi connectivity index (χ4n) is 4.04. The summed E-state index contributed by atoms with van der Waals surface area (Å²) in [6.07, 6.45) is 10.6. The van der Waals surface area contributed by atoms with E-state index in [0.717, 1.165) is 50.6 Å². The van der Waals surface area contributed by atoms with Crippen LogP contribution in [0.25, 0.3) is 0 Å². The molecule has 5 heteroatoms. The summed E-state index contributed by atoms with van der Waals surface area (Å²) in [4.78, 5) is 29.8. The first-order valence-electron chi connectivity index (χ1n) is 10.3. The van der Waals surface area contributed by atoms with E-state index in [9.17, 15) is 9.59 Å². The van der Waals surface area contributed by atoms with Crippen LogP contribution in [0.15, 0.2) is 18.3 Å². The number of aromatic nitrogens is 1. The molecule has 2 aliphatic carbocycles. The summed E-state index contributed by atoms with van der Waals surface area (Å²) in [6.45, 7) is 3.65. The molecular weight excluding hydrogens is 326 g/mol. The standard InChI is InChI=1S/C21H33N3O2/c1-3-13-23(21(26)17-8-5-4-6-9-17)16-20(25)24(18-11-12-18)15-19-10-7-14-22(19)2/h7,10,14,17-18H,3-6,8-9,11-13,15-16H2,1-2H3. The minimum absolute atomic E-state index is 0.103. The van der Waals surface area contributed by atoms with Gasteiger partial charge in [-0.05, 0) is 44.2 Å². The molecule has 26 heavy (non-hydrogen) atoms. The second-order valence-electron chi connectivity index (χ2n) is 7.96. The molecule has 5 nitrogen and oxygen atoms in total. The molecular formula is C21H33N3O2. The predicted octanol–water partition coefficient (Wildman–Crippen LogP) is 3.34. The molecule has 1 heterocycles. The van der Waals surface area contributed by atoms with Crippen molar-refractivity contribution < 1.29 is 9.59 Å². The molecule has 0 atom stereocenters. The lowest BCUT2D eigenvalue weighted by Crippen LogP contribution is -2.46. The molecule has 0 N–H and O–H groups in total. The van der Waals surface area contributed by atoms with E-state index >= 15 is 0 Å². The first kappa shape index (κ1) is 19.0. The number of rotatable bonds is 8. The van der Waals surface area contributed by atoms with Crippen molar-refractivity contribution in [3.05, 3.63) is 24.0 Å². The van der Waals surface area contributed by atoms with Crippen LogP contribution in [0.5, 0.6) is 0 Å². The molecule has 0 saturated heterocycles. The van der Waals surface area contributed by atoms with Gasteiger partial charge in [-0.25, -0.2) is 0 Å². The smallest absolute Gasteiger partial charge is 0.242 e. The molecule has 2 aliphatic rings. The van der Waals surface area contributed by atoms with Gasteiger partial charge in [0.2, 0.25) is 11.8 Å². The number of carbonyl (C=O) groups excluding carboxylic acids is 2. The van der Waals surface area contributed by atoms with Crippen molar-refractivity contribution in [1.29, 1.82) is 0 Å². The summed E-state index contributed by atoms with van der Waals surface area (Å²) in [5, 5.41) is 0. The van der Waals surface area contributed by atoms with Gasteiger partial charge in [0, 0.05) is 37.4 Å². The Labute approximate surface area is 157 Å². The summed E-state index contributed by atoms with van der Waals surface area (Å²) >= 11 is 0. The van der Waals surface area contributed by atoms with Crippen LogP contribution in [0.2, 0.25) is 0 Å². The van der Waals surface area contributed by atoms with E-state index in [4.69, 9.17) is 0 Å². The van der Waals surface area contributed by atoms with Crippen LogP contribution >= 0.6 is 0 Å². The molecule has 0 radical (unpaired) electrons. The van der Waals surface area contributed by atoms with Gasteiger partial charge in [0.25, 0.3) is 0 Å². The van der Waals surface area contributed by atoms with E-state index in [1.165, 1.54) is 6.42 Å². The second-order valence-corrected chi connectivity index (χ2v) is 7.96. The highest BCUT2D eigenvalue weighted by atomic mass is 16.2. The fourth-order valence-corrected chi connectivity index (χ4v) is 4.04. The molecule has 0 unspecified atom stereocenters. The number of carbonyl (C=O) groups is 2. The lowest BCUT2D eigenvalue weighted by molar-refractivity contribution is -0.144. The predicted molar refractivity (Wildman–Crippen MR) is 102 cm³/mol. The van der Waals surface area contributed by atoms with Gasteiger partial charge in [0.15, 0.2) is 0 Å². The molecule has 1 aromatic rings. The fraction of sp³-hybridized carbons (Fsp3) is 0.714. The maximum absolute atomic E-state index is 13.1. The lowest BCUT2D eigenvalue weighted by atomic mass is 9.88. The maximum Gasteiger partial charge on any atom is 0.242 e. The van der Waals surface area contributed by atoms with Crippen LogP contribution in [0.3, 0.4) is 0 Å². The van der Waals surface area contributed by atoms with Crippen molar-refractivity contribution in [3.8, 4) is 0 Å². The Hall–Kier alpha value is -1.78. The van der Waals surface area contributed by atoms with Gasteiger partial charge in [-0.2, -0.15) is 0 Å². The third-order valence-corrected chi connectivity index (χ3v) is 5.78. The van der Waals surface area contributed by atoms with Gasteiger partial charge in [-0.15, -0.1) is 0 Å². The van der Waals surface area contributed by atoms with Gasteiger partial charge in [-0.3, -0.25) is 9.59 Å². The van der Waals surface area contributed by atoms with Gasteiger partial charge in [0.05, 0.1) is 13.1 Å². The Morgan fingerprint density at radius 2 is 1.88 bits per heavy atom. The van der Waals surface area contributed by atoms with E-state index in [2.05, 4.69) is 17.6 Å². The third-order valence-electron chi connectivity index (χ3n) is 5.78. The maximum atomic E-state index is 13.1. The van der Waals surface area contributed by atoms with Crippen LogP contribution in [-0.2, 0) is 23.2 Å². The topological polar surface area (TPSA) is 45.6 Å². The summed E-state index contributed by atoms with van der Waals surface area (Å²) in [6, 6.07) is 4.44. The van der Waals surface area contributed by atoms with Gasteiger partial charge in [0.1, 0.15) is 0 Å². The third kappa shape index (κ3) is 4.68. The Morgan fingerprint density at radius 3 is 2.46 bits per heavy atom. The summed E-state index contributed by atoms with van der Waals surface area (Å²) < 4.78 is 2.07. The van der Waals surface area contributed by atoms with E-state index in [1.807, 2.05) is 29.1 Å². The minimum atomic E-state index is 0.103. The monoisotopic (exact) mass is 359 g/mol. The Bertz CT molecular complexity index is 615. The highest BCUT2D eigenvalue weighted by Crippen LogP contribution is 2.29. The summed E-state index contributed by atoms with van der Waals surface area (Å²) in [7, 11) is 2.01. The van der Waals surface area contributed by atoms with Gasteiger partial charge in [-0.1, -0.05) is 26.2 Å². The van der Waals surface area contributed by atoms with Crippen molar-refractivity contribution in [3.63, 3.8) is 0 Å². The Balaban J connectivity index is 1.65. The van der Waals surface area contributed by atoms with Crippen LogP contribution in [0, 0.1) is 5.92 Å². The van der Waals surface area contributed by atoms with E-state index in [0.29, 0.717) is 19.1 Å². The molecule has 1 aromatic heterocycles. The summed E-state index contributed by atoms with van der Waals surface area (Å²) in [5.74, 6) is 0.436. The van der Waals surface area contributed by atoms with Crippen molar-refractivity contribution in [2.75, 3.05) is 13.1 Å². The number of hydrogen-bond acceptors (Lipinski definition) is 2. The van der Waals surface area contributed by atoms with Crippen molar-refractivity contribution in [2.24, 2.45) is 13.0 Å². The first-order chi connectivity index (χ1) is 12.6. The second kappa shape index (κ2) is 8.74. The van der Waals surface area contributed by atoms with Crippen LogP contribution in [0.1, 0.15) is 64.0 Å². The van der Waals surface area contributed by atoms with Crippen molar-refractivity contribution in [1.82, 2.24) is 14.4 Å². The largest absolute Gasteiger partial charge is 0.353 e. The molecule has 2 saturated carbocycles. The zero-order chi connectivity index (χ0) is 18.5. The normalized spacial score (nSPS) is 17.9.